The molecule has 6 heteroatoms. The summed E-state index contributed by atoms with van der Waals surface area (Å²) < 4.78 is 9.37. The lowest BCUT2D eigenvalue weighted by molar-refractivity contribution is -0.120. The number of amides is 2. The van der Waals surface area contributed by atoms with Gasteiger partial charge in [-0.15, -0.1) is 0 Å². The van der Waals surface area contributed by atoms with E-state index in [1.165, 1.54) is 7.11 Å². The lowest BCUT2D eigenvalue weighted by Gasteiger charge is -2.07. The molecule has 0 saturated carbocycles. The van der Waals surface area contributed by atoms with Gasteiger partial charge in [-0.2, -0.15) is 0 Å². The number of hydrogen-bond acceptors (Lipinski definition) is 4. The number of nitrogens with one attached hydrogen (secondary N) is 2. The number of benzene rings is 1. The van der Waals surface area contributed by atoms with E-state index in [9.17, 15) is 9.59 Å². The Bertz CT molecular complexity index is 403. The van der Waals surface area contributed by atoms with Crippen LogP contribution in [0.1, 0.15) is 5.56 Å². The Kier molecular flexibility index (Phi) is 5.50. The van der Waals surface area contributed by atoms with Crippen molar-refractivity contribution in [1.82, 2.24) is 10.6 Å². The van der Waals surface area contributed by atoms with Gasteiger partial charge in [0.25, 0.3) is 0 Å². The molecular weight excluding hydrogens is 236 g/mol. The number of rotatable bonds is 5. The summed E-state index contributed by atoms with van der Waals surface area (Å²) in [6.07, 6.45) is -0.630. The predicted molar refractivity (Wildman–Crippen MR) is 65.2 cm³/mol. The number of alkyl carbamates (subject to hydrolysis) is 1. The van der Waals surface area contributed by atoms with Crippen LogP contribution >= 0.6 is 0 Å². The van der Waals surface area contributed by atoms with Gasteiger partial charge in [0.1, 0.15) is 12.3 Å². The highest BCUT2D eigenvalue weighted by atomic mass is 16.5. The first-order chi connectivity index (χ1) is 8.65. The second kappa shape index (κ2) is 7.16. The highest BCUT2D eigenvalue weighted by Gasteiger charge is 2.04. The lowest BCUT2D eigenvalue weighted by atomic mass is 10.2. The van der Waals surface area contributed by atoms with Gasteiger partial charge in [-0.05, 0) is 17.7 Å². The number of hydrogen-bond donors (Lipinski definition) is 2. The normalized spacial score (nSPS) is 9.44. The molecule has 98 valence electrons. The van der Waals surface area contributed by atoms with Crippen molar-refractivity contribution in [3.63, 3.8) is 0 Å². The maximum Gasteiger partial charge on any atom is 0.407 e. The summed E-state index contributed by atoms with van der Waals surface area (Å²) in [5, 5.41) is 4.96. The topological polar surface area (TPSA) is 76.7 Å². The third-order valence-corrected chi connectivity index (χ3v) is 2.23. The highest BCUT2D eigenvalue weighted by molar-refractivity contribution is 5.81. The molecule has 1 rings (SSSR count). The van der Waals surface area contributed by atoms with E-state index in [1.54, 1.807) is 7.11 Å². The SMILES string of the molecule is COC(=O)NCC(=O)NCc1ccc(OC)cc1. The van der Waals surface area contributed by atoms with Crippen LogP contribution in [0.4, 0.5) is 4.79 Å². The van der Waals surface area contributed by atoms with Gasteiger partial charge in [0.2, 0.25) is 5.91 Å². The smallest absolute Gasteiger partial charge is 0.407 e. The minimum Gasteiger partial charge on any atom is -0.497 e. The first kappa shape index (κ1) is 13.8. The molecular formula is C12H16N2O4. The maximum atomic E-state index is 11.4. The Morgan fingerprint density at radius 1 is 1.11 bits per heavy atom. The van der Waals surface area contributed by atoms with E-state index in [4.69, 9.17) is 4.74 Å². The van der Waals surface area contributed by atoms with Gasteiger partial charge in [-0.3, -0.25) is 4.79 Å². The van der Waals surface area contributed by atoms with Crippen molar-refractivity contribution in [1.29, 1.82) is 0 Å². The van der Waals surface area contributed by atoms with Crippen LogP contribution in [0, 0.1) is 0 Å². The molecule has 0 radical (unpaired) electrons. The molecule has 0 bridgehead atoms. The number of carbonyl (C=O) groups excluding carboxylic acids is 2. The molecule has 0 aromatic heterocycles. The average molecular weight is 252 g/mol. The Balaban J connectivity index is 2.31. The van der Waals surface area contributed by atoms with Gasteiger partial charge in [-0.1, -0.05) is 12.1 Å². The largest absolute Gasteiger partial charge is 0.497 e. The standard InChI is InChI=1S/C12H16N2O4/c1-17-10-5-3-9(4-6-10)7-13-11(15)8-14-12(16)18-2/h3-6H,7-8H2,1-2H3,(H,13,15)(H,14,16). The van der Waals surface area contributed by atoms with Crippen LogP contribution in [0.15, 0.2) is 24.3 Å². The van der Waals surface area contributed by atoms with E-state index in [-0.39, 0.29) is 12.5 Å². The van der Waals surface area contributed by atoms with E-state index < -0.39 is 6.09 Å². The minimum atomic E-state index is -0.630. The molecule has 0 aliphatic carbocycles. The van der Waals surface area contributed by atoms with E-state index in [0.717, 1.165) is 11.3 Å². The van der Waals surface area contributed by atoms with Gasteiger partial charge in [0, 0.05) is 6.54 Å². The molecule has 0 aliphatic rings. The zero-order chi connectivity index (χ0) is 13.4. The maximum absolute atomic E-state index is 11.4. The van der Waals surface area contributed by atoms with Gasteiger partial charge >= 0.3 is 6.09 Å². The average Bonchev–Trinajstić information content (AvgIpc) is 2.42. The summed E-state index contributed by atoms with van der Waals surface area (Å²) in [7, 11) is 2.83. The van der Waals surface area contributed by atoms with Crippen LogP contribution < -0.4 is 15.4 Å². The summed E-state index contributed by atoms with van der Waals surface area (Å²) in [6, 6.07) is 7.34. The summed E-state index contributed by atoms with van der Waals surface area (Å²) in [6.45, 7) is 0.286. The second-order valence-corrected chi connectivity index (χ2v) is 3.47. The quantitative estimate of drug-likeness (QED) is 0.807. The molecule has 2 N–H and O–H groups in total. The molecule has 0 spiro atoms. The molecule has 0 atom stereocenters. The molecule has 0 saturated heterocycles. The van der Waals surface area contributed by atoms with Crippen molar-refractivity contribution in [2.45, 2.75) is 6.54 Å². The number of carbonyl (C=O) groups is 2. The lowest BCUT2D eigenvalue weighted by Crippen LogP contribution is -2.36. The summed E-state index contributed by atoms with van der Waals surface area (Å²) in [4.78, 5) is 22.1. The van der Waals surface area contributed by atoms with Crippen LogP contribution in [0.2, 0.25) is 0 Å². The fourth-order valence-corrected chi connectivity index (χ4v) is 1.23. The molecule has 18 heavy (non-hydrogen) atoms. The predicted octanol–water partition coefficient (Wildman–Crippen LogP) is 0.667. The molecule has 0 heterocycles. The number of ether oxygens (including phenoxy) is 2. The van der Waals surface area contributed by atoms with E-state index in [1.807, 2.05) is 24.3 Å². The van der Waals surface area contributed by atoms with Crippen molar-refractivity contribution in [2.24, 2.45) is 0 Å². The van der Waals surface area contributed by atoms with Crippen LogP contribution in [0.3, 0.4) is 0 Å². The number of methoxy groups -OCH3 is 2. The summed E-state index contributed by atoms with van der Waals surface area (Å²) in [5.74, 6) is 0.480. The van der Waals surface area contributed by atoms with Crippen LogP contribution in [0.5, 0.6) is 5.75 Å². The molecule has 1 aromatic carbocycles. The molecule has 0 unspecified atom stereocenters. The molecule has 2 amide bonds. The molecule has 0 fully saturated rings. The Morgan fingerprint density at radius 2 is 1.78 bits per heavy atom. The second-order valence-electron chi connectivity index (χ2n) is 3.47. The van der Waals surface area contributed by atoms with E-state index in [0.29, 0.717) is 6.54 Å². The van der Waals surface area contributed by atoms with Crippen molar-refractivity contribution >= 4 is 12.0 Å². The van der Waals surface area contributed by atoms with Crippen LogP contribution in [-0.4, -0.2) is 32.8 Å². The van der Waals surface area contributed by atoms with Gasteiger partial charge in [0.05, 0.1) is 14.2 Å². The van der Waals surface area contributed by atoms with Gasteiger partial charge < -0.3 is 20.1 Å². The van der Waals surface area contributed by atoms with E-state index in [2.05, 4.69) is 15.4 Å². The first-order valence-electron chi connectivity index (χ1n) is 5.37. The zero-order valence-corrected chi connectivity index (χ0v) is 10.4. The minimum absolute atomic E-state index is 0.108. The van der Waals surface area contributed by atoms with Crippen molar-refractivity contribution in [3.05, 3.63) is 29.8 Å². The van der Waals surface area contributed by atoms with Crippen molar-refractivity contribution in [2.75, 3.05) is 20.8 Å². The van der Waals surface area contributed by atoms with Gasteiger partial charge in [0.15, 0.2) is 0 Å². The van der Waals surface area contributed by atoms with Crippen LogP contribution in [0.25, 0.3) is 0 Å². The summed E-state index contributed by atoms with van der Waals surface area (Å²) >= 11 is 0. The highest BCUT2D eigenvalue weighted by Crippen LogP contribution is 2.10. The van der Waals surface area contributed by atoms with Crippen molar-refractivity contribution in [3.8, 4) is 5.75 Å². The Hall–Kier alpha value is -2.24. The molecule has 1 aromatic rings. The fraction of sp³-hybridized carbons (Fsp3) is 0.333. The third-order valence-electron chi connectivity index (χ3n) is 2.23. The Labute approximate surface area is 105 Å². The van der Waals surface area contributed by atoms with E-state index >= 15 is 0 Å². The molecule has 0 aliphatic heterocycles. The van der Waals surface area contributed by atoms with Crippen LogP contribution in [-0.2, 0) is 16.1 Å². The third kappa shape index (κ3) is 4.73. The fourth-order valence-electron chi connectivity index (χ4n) is 1.23. The Morgan fingerprint density at radius 3 is 2.33 bits per heavy atom. The molecule has 6 nitrogen and oxygen atoms in total. The first-order valence-corrected chi connectivity index (χ1v) is 5.37. The van der Waals surface area contributed by atoms with Gasteiger partial charge in [-0.25, -0.2) is 4.79 Å². The monoisotopic (exact) mass is 252 g/mol. The summed E-state index contributed by atoms with van der Waals surface area (Å²) in [5.41, 5.74) is 0.946. The zero-order valence-electron chi connectivity index (χ0n) is 10.4. The van der Waals surface area contributed by atoms with Crippen molar-refractivity contribution < 1.29 is 19.1 Å².